The fourth-order valence-corrected chi connectivity index (χ4v) is 7.90. The Bertz CT molecular complexity index is 866. The molecule has 0 spiro atoms. The molecule has 1 amide bonds. The third kappa shape index (κ3) is 45.5. The zero-order valence-corrected chi connectivity index (χ0v) is 38.6. The van der Waals surface area contributed by atoms with Crippen molar-refractivity contribution in [2.75, 3.05) is 6.61 Å². The van der Waals surface area contributed by atoms with Crippen LogP contribution in [-0.2, 0) is 4.79 Å². The van der Waals surface area contributed by atoms with Crippen molar-refractivity contribution in [2.24, 2.45) is 0 Å². The minimum Gasteiger partial charge on any atom is -0.394 e. The zero-order valence-electron chi connectivity index (χ0n) is 38.6. The summed E-state index contributed by atoms with van der Waals surface area (Å²) in [5.41, 5.74) is 0. The van der Waals surface area contributed by atoms with Crippen LogP contribution in [0, 0.1) is 0 Å². The highest BCUT2D eigenvalue weighted by Crippen LogP contribution is 2.16. The van der Waals surface area contributed by atoms with Crippen molar-refractivity contribution in [3.8, 4) is 0 Å². The lowest BCUT2D eigenvalue weighted by atomic mass is 10.0. The molecule has 0 rings (SSSR count). The van der Waals surface area contributed by atoms with E-state index in [9.17, 15) is 15.0 Å². The van der Waals surface area contributed by atoms with Gasteiger partial charge in [-0.25, -0.2) is 0 Å². The van der Waals surface area contributed by atoms with Crippen LogP contribution in [0.5, 0.6) is 0 Å². The van der Waals surface area contributed by atoms with E-state index in [-0.39, 0.29) is 12.5 Å². The van der Waals surface area contributed by atoms with Crippen molar-refractivity contribution in [3.05, 3.63) is 36.5 Å². The van der Waals surface area contributed by atoms with Crippen LogP contribution in [-0.4, -0.2) is 34.9 Å². The quantitative estimate of drug-likeness (QED) is 0.0424. The summed E-state index contributed by atoms with van der Waals surface area (Å²) in [4.78, 5) is 12.4. The zero-order chi connectivity index (χ0) is 41.4. The van der Waals surface area contributed by atoms with Crippen molar-refractivity contribution < 1.29 is 15.0 Å². The summed E-state index contributed by atoms with van der Waals surface area (Å²) >= 11 is 0. The second-order valence-corrected chi connectivity index (χ2v) is 17.6. The minimum atomic E-state index is -0.865. The molecule has 2 unspecified atom stereocenters. The maximum Gasteiger partial charge on any atom is 0.220 e. The van der Waals surface area contributed by atoms with Gasteiger partial charge >= 0.3 is 0 Å². The Hall–Kier alpha value is -1.39. The number of amides is 1. The lowest BCUT2D eigenvalue weighted by Gasteiger charge is -2.19. The largest absolute Gasteiger partial charge is 0.394 e. The van der Waals surface area contributed by atoms with Crippen LogP contribution in [0.25, 0.3) is 0 Å². The molecule has 4 nitrogen and oxygen atoms in total. The van der Waals surface area contributed by atoms with Gasteiger partial charge in [0.2, 0.25) is 5.91 Å². The first kappa shape index (κ1) is 55.6. The summed E-state index contributed by atoms with van der Waals surface area (Å²) in [6.07, 6.45) is 65.8. The van der Waals surface area contributed by atoms with Crippen molar-refractivity contribution >= 4 is 5.91 Å². The van der Waals surface area contributed by atoms with Gasteiger partial charge in [-0.1, -0.05) is 249 Å². The smallest absolute Gasteiger partial charge is 0.220 e. The van der Waals surface area contributed by atoms with E-state index >= 15 is 0 Å². The first-order valence-electron chi connectivity index (χ1n) is 25.7. The first-order chi connectivity index (χ1) is 28.2. The molecule has 3 N–H and O–H groups in total. The van der Waals surface area contributed by atoms with Crippen LogP contribution in [0.15, 0.2) is 36.5 Å². The molecule has 0 radical (unpaired) electrons. The van der Waals surface area contributed by atoms with Crippen LogP contribution in [0.2, 0.25) is 0 Å². The molecule has 0 aromatic rings. The predicted octanol–water partition coefficient (Wildman–Crippen LogP) is 16.5. The van der Waals surface area contributed by atoms with Gasteiger partial charge in [-0.15, -0.1) is 0 Å². The average molecular weight is 800 g/mol. The maximum absolute atomic E-state index is 12.4. The molecule has 0 aromatic carbocycles. The SMILES string of the molecule is CCCCCCCCC/C=C\CCCCCCCC(=O)NC(CO)C(O)/C=C/CC/C=C/CCCCCCCCCCCCCCCCCCCCCCCCC. The summed E-state index contributed by atoms with van der Waals surface area (Å²) in [5, 5.41) is 23.1. The van der Waals surface area contributed by atoms with Crippen LogP contribution >= 0.6 is 0 Å². The lowest BCUT2D eigenvalue weighted by molar-refractivity contribution is -0.123. The summed E-state index contributed by atoms with van der Waals surface area (Å²) in [6, 6.07) is -0.643. The first-order valence-corrected chi connectivity index (χ1v) is 25.7. The Morgan fingerprint density at radius 2 is 0.684 bits per heavy atom. The van der Waals surface area contributed by atoms with E-state index in [2.05, 4.69) is 43.5 Å². The monoisotopic (exact) mass is 800 g/mol. The molecule has 0 saturated carbocycles. The highest BCUT2D eigenvalue weighted by atomic mass is 16.3. The van der Waals surface area contributed by atoms with Gasteiger partial charge < -0.3 is 15.5 Å². The number of rotatable bonds is 47. The second-order valence-electron chi connectivity index (χ2n) is 17.6. The van der Waals surface area contributed by atoms with E-state index in [0.29, 0.717) is 6.42 Å². The molecule has 0 aliphatic heterocycles. The van der Waals surface area contributed by atoms with E-state index in [1.165, 1.54) is 212 Å². The van der Waals surface area contributed by atoms with Crippen LogP contribution in [0.4, 0.5) is 0 Å². The summed E-state index contributed by atoms with van der Waals surface area (Å²) in [5.74, 6) is -0.0803. The van der Waals surface area contributed by atoms with Crippen LogP contribution < -0.4 is 5.32 Å². The van der Waals surface area contributed by atoms with Crippen LogP contribution in [0.3, 0.4) is 0 Å². The molecule has 2 atom stereocenters. The van der Waals surface area contributed by atoms with E-state index in [1.54, 1.807) is 6.08 Å². The van der Waals surface area contributed by atoms with Gasteiger partial charge in [0.15, 0.2) is 0 Å². The van der Waals surface area contributed by atoms with Gasteiger partial charge in [-0.2, -0.15) is 0 Å². The predicted molar refractivity (Wildman–Crippen MR) is 253 cm³/mol. The number of hydrogen-bond donors (Lipinski definition) is 3. The van der Waals surface area contributed by atoms with E-state index in [0.717, 1.165) is 44.9 Å². The Morgan fingerprint density at radius 3 is 1.02 bits per heavy atom. The van der Waals surface area contributed by atoms with Crippen LogP contribution in [0.1, 0.15) is 277 Å². The van der Waals surface area contributed by atoms with Gasteiger partial charge in [-0.05, 0) is 57.8 Å². The van der Waals surface area contributed by atoms with E-state index in [4.69, 9.17) is 0 Å². The lowest BCUT2D eigenvalue weighted by Crippen LogP contribution is -2.45. The molecule has 0 fully saturated rings. The normalized spacial score (nSPS) is 13.1. The third-order valence-electron chi connectivity index (χ3n) is 11.8. The third-order valence-corrected chi connectivity index (χ3v) is 11.8. The van der Waals surface area contributed by atoms with Crippen molar-refractivity contribution in [1.29, 1.82) is 0 Å². The number of nitrogens with one attached hydrogen (secondary N) is 1. The molecule has 0 saturated heterocycles. The summed E-state index contributed by atoms with van der Waals surface area (Å²) < 4.78 is 0. The average Bonchev–Trinajstić information content (AvgIpc) is 3.22. The number of hydrogen-bond acceptors (Lipinski definition) is 3. The molecule has 336 valence electrons. The number of aliphatic hydroxyl groups is 2. The Balaban J connectivity index is 3.52. The standard InChI is InChI=1S/C53H101NO3/c1-3-5-7-9-11-13-15-17-19-21-22-23-24-25-26-27-28-29-30-31-32-33-34-36-38-40-42-44-46-48-52(56)51(50-55)54-53(57)49-47-45-43-41-39-37-35-20-18-16-14-12-10-8-6-4-2/h20,35,38,40,46,48,51-52,55-56H,3-19,21-34,36-37,39,41-45,47,49-50H2,1-2H3,(H,54,57)/b35-20-,40-38+,48-46+. The second kappa shape index (κ2) is 49.0. The van der Waals surface area contributed by atoms with E-state index in [1.807, 2.05) is 6.08 Å². The molecule has 0 aliphatic carbocycles. The number of carbonyl (C=O) groups is 1. The number of allylic oxidation sites excluding steroid dienone is 5. The Morgan fingerprint density at radius 1 is 0.404 bits per heavy atom. The highest BCUT2D eigenvalue weighted by molar-refractivity contribution is 5.76. The molecule has 0 aromatic heterocycles. The molecule has 57 heavy (non-hydrogen) atoms. The molecule has 0 bridgehead atoms. The minimum absolute atomic E-state index is 0.0803. The van der Waals surface area contributed by atoms with Crippen molar-refractivity contribution in [1.82, 2.24) is 5.32 Å². The number of unbranched alkanes of at least 4 members (excludes halogenated alkanes) is 36. The van der Waals surface area contributed by atoms with E-state index < -0.39 is 12.1 Å². The summed E-state index contributed by atoms with van der Waals surface area (Å²) in [6.45, 7) is 4.31. The topological polar surface area (TPSA) is 69.6 Å². The molecule has 0 aliphatic rings. The fourth-order valence-electron chi connectivity index (χ4n) is 7.90. The molecule has 0 heterocycles. The number of carbonyl (C=O) groups excluding carboxylic acids is 1. The molecular formula is C53H101NO3. The van der Waals surface area contributed by atoms with Gasteiger partial charge in [-0.3, -0.25) is 4.79 Å². The van der Waals surface area contributed by atoms with Gasteiger partial charge in [0.05, 0.1) is 18.8 Å². The number of aliphatic hydroxyl groups excluding tert-OH is 2. The van der Waals surface area contributed by atoms with Crippen molar-refractivity contribution in [2.45, 2.75) is 289 Å². The fraction of sp³-hybridized carbons (Fsp3) is 0.868. The van der Waals surface area contributed by atoms with Gasteiger partial charge in [0, 0.05) is 6.42 Å². The Labute approximate surface area is 357 Å². The summed E-state index contributed by atoms with van der Waals surface area (Å²) in [7, 11) is 0. The molecule has 4 heteroatoms. The Kier molecular flexibility index (Phi) is 47.8. The highest BCUT2D eigenvalue weighted by Gasteiger charge is 2.17. The van der Waals surface area contributed by atoms with Gasteiger partial charge in [0.25, 0.3) is 0 Å². The van der Waals surface area contributed by atoms with Gasteiger partial charge in [0.1, 0.15) is 0 Å². The molecular weight excluding hydrogens is 699 g/mol. The maximum atomic E-state index is 12.4. The van der Waals surface area contributed by atoms with Crippen molar-refractivity contribution in [3.63, 3.8) is 0 Å².